The zero-order chi connectivity index (χ0) is 14.3. The number of rotatable bonds is 7. The quantitative estimate of drug-likeness (QED) is 0.691. The molecule has 1 rings (SSSR count). The van der Waals surface area contributed by atoms with Crippen molar-refractivity contribution in [2.24, 2.45) is 0 Å². The van der Waals surface area contributed by atoms with Crippen molar-refractivity contribution < 1.29 is 0 Å². The van der Waals surface area contributed by atoms with E-state index in [4.69, 9.17) is 5.41 Å². The van der Waals surface area contributed by atoms with Crippen molar-refractivity contribution >= 4 is 6.21 Å². The van der Waals surface area contributed by atoms with Crippen molar-refractivity contribution in [1.82, 2.24) is 10.2 Å². The first-order chi connectivity index (χ1) is 9.10. The topological polar surface area (TPSA) is 39.1 Å². The molecule has 0 aliphatic heterocycles. The lowest BCUT2D eigenvalue weighted by molar-refractivity contribution is 0.501. The van der Waals surface area contributed by atoms with Crippen molar-refractivity contribution in [3.05, 3.63) is 35.1 Å². The van der Waals surface area contributed by atoms with Crippen LogP contribution in [-0.2, 0) is 0 Å². The molecule has 1 unspecified atom stereocenters. The molecule has 0 radical (unpaired) electrons. The summed E-state index contributed by atoms with van der Waals surface area (Å²) in [7, 11) is 6.13. The lowest BCUT2D eigenvalue weighted by Gasteiger charge is -2.22. The molecule has 0 bridgehead atoms. The van der Waals surface area contributed by atoms with Crippen LogP contribution in [-0.4, -0.2) is 38.3 Å². The maximum atomic E-state index is 7.59. The fraction of sp³-hybridized carbons (Fsp3) is 0.562. The molecule has 3 nitrogen and oxygen atoms in total. The smallest absolute Gasteiger partial charge is 0.0479 e. The molecule has 19 heavy (non-hydrogen) atoms. The van der Waals surface area contributed by atoms with E-state index in [-0.39, 0.29) is 0 Å². The Balaban J connectivity index is 2.79. The zero-order valence-corrected chi connectivity index (χ0v) is 12.7. The summed E-state index contributed by atoms with van der Waals surface area (Å²) in [4.78, 5) is 2.13. The van der Waals surface area contributed by atoms with Crippen molar-refractivity contribution in [3.63, 3.8) is 0 Å². The maximum Gasteiger partial charge on any atom is 0.0479 e. The highest BCUT2D eigenvalue weighted by atomic mass is 15.1. The molecule has 3 heteroatoms. The van der Waals surface area contributed by atoms with E-state index in [9.17, 15) is 0 Å². The second kappa shape index (κ2) is 7.95. The van der Waals surface area contributed by atoms with Crippen LogP contribution in [0.2, 0.25) is 0 Å². The van der Waals surface area contributed by atoms with Crippen LogP contribution < -0.4 is 5.32 Å². The normalized spacial score (nSPS) is 16.9. The van der Waals surface area contributed by atoms with Gasteiger partial charge in [-0.05, 0) is 45.2 Å². The highest BCUT2D eigenvalue weighted by Gasteiger charge is 2.13. The fourth-order valence-electron chi connectivity index (χ4n) is 2.39. The first-order valence-corrected chi connectivity index (χ1v) is 7.05. The van der Waals surface area contributed by atoms with Gasteiger partial charge in [-0.15, -0.1) is 0 Å². The Morgan fingerprint density at radius 3 is 2.79 bits per heavy atom. The minimum Gasteiger partial charge on any atom is -0.377 e. The molecule has 0 fully saturated rings. The van der Waals surface area contributed by atoms with Crippen molar-refractivity contribution in [3.8, 4) is 0 Å². The van der Waals surface area contributed by atoms with Crippen LogP contribution in [0.5, 0.6) is 0 Å². The van der Waals surface area contributed by atoms with Gasteiger partial charge in [0.25, 0.3) is 0 Å². The van der Waals surface area contributed by atoms with Gasteiger partial charge in [0.1, 0.15) is 0 Å². The molecular formula is C16H27N3. The van der Waals surface area contributed by atoms with Crippen LogP contribution in [0.1, 0.15) is 32.6 Å². The van der Waals surface area contributed by atoms with Crippen LogP contribution in [0.3, 0.4) is 0 Å². The molecule has 0 spiro atoms. The number of hydrogen-bond acceptors (Lipinski definition) is 3. The molecule has 0 aromatic carbocycles. The average Bonchev–Trinajstić information content (AvgIpc) is 2.60. The number of likely N-dealkylation sites (N-methyl/N-ethyl adjacent to an activating group) is 1. The summed E-state index contributed by atoms with van der Waals surface area (Å²) >= 11 is 0. The van der Waals surface area contributed by atoms with Gasteiger partial charge in [0.15, 0.2) is 0 Å². The second-order valence-corrected chi connectivity index (χ2v) is 5.29. The molecule has 0 aromatic rings. The monoisotopic (exact) mass is 261 g/mol. The Morgan fingerprint density at radius 2 is 2.21 bits per heavy atom. The van der Waals surface area contributed by atoms with Crippen molar-refractivity contribution in [2.45, 2.75) is 38.6 Å². The predicted octanol–water partition coefficient (Wildman–Crippen LogP) is 3.12. The van der Waals surface area contributed by atoms with Gasteiger partial charge < -0.3 is 15.6 Å². The maximum absolute atomic E-state index is 7.59. The van der Waals surface area contributed by atoms with Gasteiger partial charge in [-0.1, -0.05) is 18.2 Å². The van der Waals surface area contributed by atoms with E-state index in [0.717, 1.165) is 18.4 Å². The minimum absolute atomic E-state index is 0.568. The molecule has 0 saturated heterocycles. The zero-order valence-electron chi connectivity index (χ0n) is 12.7. The predicted molar refractivity (Wildman–Crippen MR) is 83.7 cm³/mol. The highest BCUT2D eigenvalue weighted by molar-refractivity contribution is 5.82. The van der Waals surface area contributed by atoms with Gasteiger partial charge in [0.05, 0.1) is 0 Å². The van der Waals surface area contributed by atoms with Gasteiger partial charge in [-0.3, -0.25) is 0 Å². The van der Waals surface area contributed by atoms with Gasteiger partial charge >= 0.3 is 0 Å². The number of nitrogens with zero attached hydrogens (tertiary/aromatic N) is 1. The van der Waals surface area contributed by atoms with E-state index in [2.05, 4.69) is 49.5 Å². The van der Waals surface area contributed by atoms with Crippen LogP contribution in [0.15, 0.2) is 35.1 Å². The van der Waals surface area contributed by atoms with Crippen LogP contribution in [0.4, 0.5) is 0 Å². The Hall–Kier alpha value is -1.35. The number of allylic oxidation sites excluding steroid dienone is 5. The minimum atomic E-state index is 0.568. The Labute approximate surface area is 117 Å². The van der Waals surface area contributed by atoms with E-state index >= 15 is 0 Å². The van der Waals surface area contributed by atoms with Gasteiger partial charge in [-0.2, -0.15) is 0 Å². The summed E-state index contributed by atoms with van der Waals surface area (Å²) in [6, 6.07) is 0.568. The molecule has 1 atom stereocenters. The first-order valence-electron chi connectivity index (χ1n) is 7.05. The van der Waals surface area contributed by atoms with E-state index < -0.39 is 0 Å². The lowest BCUT2D eigenvalue weighted by Crippen LogP contribution is -2.21. The molecule has 0 heterocycles. The third-order valence-corrected chi connectivity index (χ3v) is 3.55. The summed E-state index contributed by atoms with van der Waals surface area (Å²) in [5.74, 6) is 0. The molecular weight excluding hydrogens is 234 g/mol. The summed E-state index contributed by atoms with van der Waals surface area (Å²) in [5, 5.41) is 10.9. The molecule has 1 aliphatic rings. The van der Waals surface area contributed by atoms with Crippen molar-refractivity contribution in [1.29, 1.82) is 5.41 Å². The summed E-state index contributed by atoms with van der Waals surface area (Å²) in [6.45, 7) is 2.22. The van der Waals surface area contributed by atoms with E-state index in [1.165, 1.54) is 30.3 Å². The molecule has 106 valence electrons. The lowest BCUT2D eigenvalue weighted by atomic mass is 9.99. The van der Waals surface area contributed by atoms with Gasteiger partial charge in [0.2, 0.25) is 0 Å². The van der Waals surface area contributed by atoms with E-state index in [1.54, 1.807) is 0 Å². The van der Waals surface area contributed by atoms with Crippen LogP contribution in [0.25, 0.3) is 0 Å². The molecule has 1 aliphatic carbocycles. The second-order valence-electron chi connectivity index (χ2n) is 5.29. The molecule has 0 aromatic heterocycles. The van der Waals surface area contributed by atoms with Crippen LogP contribution in [0, 0.1) is 5.41 Å². The van der Waals surface area contributed by atoms with Crippen molar-refractivity contribution in [2.75, 3.05) is 21.1 Å². The number of nitrogens with one attached hydrogen (secondary N) is 2. The van der Waals surface area contributed by atoms with Gasteiger partial charge in [0, 0.05) is 37.6 Å². The number of hydrogen-bond donors (Lipinski definition) is 2. The van der Waals surface area contributed by atoms with Crippen LogP contribution >= 0.6 is 0 Å². The molecule has 0 saturated carbocycles. The van der Waals surface area contributed by atoms with E-state index in [0.29, 0.717) is 6.04 Å². The third kappa shape index (κ3) is 4.67. The molecule has 0 amide bonds. The average molecular weight is 261 g/mol. The Morgan fingerprint density at radius 1 is 1.47 bits per heavy atom. The SMILES string of the molecule is CNC(C)CCCC1=CCC=CC(C=N)=C1N(C)C. The Kier molecular flexibility index (Phi) is 6.57. The van der Waals surface area contributed by atoms with E-state index in [1.807, 2.05) is 7.05 Å². The van der Waals surface area contributed by atoms with Gasteiger partial charge in [-0.25, -0.2) is 0 Å². The Bertz CT molecular complexity index is 389. The third-order valence-electron chi connectivity index (χ3n) is 3.55. The highest BCUT2D eigenvalue weighted by Crippen LogP contribution is 2.25. The summed E-state index contributed by atoms with van der Waals surface area (Å²) in [5.41, 5.74) is 3.58. The molecule has 2 N–H and O–H groups in total. The first kappa shape index (κ1) is 15.7. The largest absolute Gasteiger partial charge is 0.377 e. The fourth-order valence-corrected chi connectivity index (χ4v) is 2.39. The summed E-state index contributed by atoms with van der Waals surface area (Å²) in [6.07, 6.45) is 12.4. The standard InChI is InChI=1S/C16H27N3/c1-13(18-2)8-7-11-14-9-5-6-10-15(12-17)16(14)19(3)4/h6,9-10,12-13,17-18H,5,7-8,11H2,1-4H3. The summed E-state index contributed by atoms with van der Waals surface area (Å²) < 4.78 is 0.